The maximum absolute atomic E-state index is 10.9. The van der Waals surface area contributed by atoms with Crippen molar-refractivity contribution in [2.24, 2.45) is 5.92 Å². The molecule has 1 aromatic heterocycles. The third kappa shape index (κ3) is 1.47. The van der Waals surface area contributed by atoms with Crippen LogP contribution in [0.25, 0.3) is 0 Å². The van der Waals surface area contributed by atoms with Gasteiger partial charge in [-0.1, -0.05) is 6.92 Å². The Kier molecular flexibility index (Phi) is 2.19. The van der Waals surface area contributed by atoms with Crippen LogP contribution in [-0.4, -0.2) is 21.0 Å². The van der Waals surface area contributed by atoms with Gasteiger partial charge >= 0.3 is 5.97 Å². The van der Waals surface area contributed by atoms with E-state index in [1.807, 2.05) is 0 Å². The summed E-state index contributed by atoms with van der Waals surface area (Å²) in [7, 11) is 0. The zero-order valence-corrected chi connectivity index (χ0v) is 8.03. The largest absolute Gasteiger partial charge is 0.477 e. The van der Waals surface area contributed by atoms with E-state index in [0.29, 0.717) is 5.92 Å². The van der Waals surface area contributed by atoms with Gasteiger partial charge in [0, 0.05) is 11.3 Å². The lowest BCUT2D eigenvalue weighted by Gasteiger charge is -2.20. The van der Waals surface area contributed by atoms with E-state index in [1.165, 1.54) is 6.33 Å². The molecule has 1 N–H and O–H groups in total. The predicted molar refractivity (Wildman–Crippen MR) is 50.2 cm³/mol. The lowest BCUT2D eigenvalue weighted by Crippen LogP contribution is -2.18. The maximum Gasteiger partial charge on any atom is 0.354 e. The van der Waals surface area contributed by atoms with Gasteiger partial charge in [0.2, 0.25) is 0 Å². The number of hydrogen-bond donors (Lipinski definition) is 1. The number of rotatable bonds is 1. The molecule has 4 nitrogen and oxygen atoms in total. The van der Waals surface area contributed by atoms with E-state index in [9.17, 15) is 4.79 Å². The molecule has 1 heterocycles. The molecule has 2 rings (SSSR count). The zero-order chi connectivity index (χ0) is 10.1. The van der Waals surface area contributed by atoms with Crippen LogP contribution in [0.1, 0.15) is 35.1 Å². The Bertz CT molecular complexity index is 376. The normalized spacial score (nSPS) is 20.2. The van der Waals surface area contributed by atoms with Crippen LogP contribution >= 0.6 is 0 Å². The third-order valence-electron chi connectivity index (χ3n) is 2.66. The van der Waals surface area contributed by atoms with Crippen molar-refractivity contribution < 1.29 is 9.90 Å². The van der Waals surface area contributed by atoms with Crippen LogP contribution in [0.5, 0.6) is 0 Å². The molecule has 1 aliphatic carbocycles. The minimum atomic E-state index is -0.947. The maximum atomic E-state index is 10.9. The van der Waals surface area contributed by atoms with Gasteiger partial charge in [-0.25, -0.2) is 14.8 Å². The highest BCUT2D eigenvalue weighted by atomic mass is 16.4. The molecule has 14 heavy (non-hydrogen) atoms. The fourth-order valence-electron chi connectivity index (χ4n) is 1.90. The monoisotopic (exact) mass is 192 g/mol. The van der Waals surface area contributed by atoms with Crippen molar-refractivity contribution in [2.45, 2.75) is 26.2 Å². The Balaban J connectivity index is 2.48. The van der Waals surface area contributed by atoms with Crippen LogP contribution in [-0.2, 0) is 12.8 Å². The molecule has 1 atom stereocenters. The number of fused-ring (bicyclic) bond motifs is 1. The number of hydrogen-bond acceptors (Lipinski definition) is 3. The van der Waals surface area contributed by atoms with E-state index in [2.05, 4.69) is 16.9 Å². The number of nitrogens with zero attached hydrogens (tertiary/aromatic N) is 2. The number of aromatic nitrogens is 2. The Labute approximate surface area is 82.0 Å². The topological polar surface area (TPSA) is 63.1 Å². The predicted octanol–water partition coefficient (Wildman–Crippen LogP) is 1.30. The first-order chi connectivity index (χ1) is 6.68. The molecule has 74 valence electrons. The lowest BCUT2D eigenvalue weighted by atomic mass is 9.87. The highest BCUT2D eigenvalue weighted by Crippen LogP contribution is 2.25. The summed E-state index contributed by atoms with van der Waals surface area (Å²) >= 11 is 0. The molecule has 0 aromatic carbocycles. The summed E-state index contributed by atoms with van der Waals surface area (Å²) in [5.74, 6) is -0.413. The van der Waals surface area contributed by atoms with E-state index < -0.39 is 5.97 Å². The molecule has 0 saturated carbocycles. The van der Waals surface area contributed by atoms with Gasteiger partial charge in [0.05, 0.1) is 0 Å². The number of aryl methyl sites for hydroxylation is 1. The minimum Gasteiger partial charge on any atom is -0.477 e. The first-order valence-electron chi connectivity index (χ1n) is 4.74. The summed E-state index contributed by atoms with van der Waals surface area (Å²) < 4.78 is 0. The number of carboxylic acids is 1. The molecular formula is C10H12N2O2. The quantitative estimate of drug-likeness (QED) is 0.728. The minimum absolute atomic E-state index is 0.182. The van der Waals surface area contributed by atoms with Gasteiger partial charge in [-0.3, -0.25) is 0 Å². The van der Waals surface area contributed by atoms with E-state index in [4.69, 9.17) is 5.11 Å². The van der Waals surface area contributed by atoms with Crippen molar-refractivity contribution in [3.05, 3.63) is 23.3 Å². The summed E-state index contributed by atoms with van der Waals surface area (Å²) in [6, 6.07) is 0. The van der Waals surface area contributed by atoms with Gasteiger partial charge in [-0.2, -0.15) is 0 Å². The molecule has 0 amide bonds. The van der Waals surface area contributed by atoms with Crippen LogP contribution in [0.2, 0.25) is 0 Å². The molecule has 1 unspecified atom stereocenters. The highest BCUT2D eigenvalue weighted by Gasteiger charge is 2.22. The zero-order valence-electron chi connectivity index (χ0n) is 8.03. The van der Waals surface area contributed by atoms with Gasteiger partial charge in [0.25, 0.3) is 0 Å². The van der Waals surface area contributed by atoms with E-state index in [0.717, 1.165) is 30.5 Å². The van der Waals surface area contributed by atoms with Crippen molar-refractivity contribution in [2.75, 3.05) is 0 Å². The summed E-state index contributed by atoms with van der Waals surface area (Å²) in [6.45, 7) is 2.13. The number of aromatic carboxylic acids is 1. The summed E-state index contributed by atoms with van der Waals surface area (Å²) in [6.07, 6.45) is 4.10. The second-order valence-corrected chi connectivity index (χ2v) is 3.80. The van der Waals surface area contributed by atoms with Gasteiger partial charge < -0.3 is 5.11 Å². The van der Waals surface area contributed by atoms with Crippen LogP contribution in [0.15, 0.2) is 6.33 Å². The van der Waals surface area contributed by atoms with Crippen molar-refractivity contribution in [1.29, 1.82) is 0 Å². The first kappa shape index (κ1) is 9.12. The summed E-state index contributed by atoms with van der Waals surface area (Å²) in [5, 5.41) is 8.94. The Morgan fingerprint density at radius 3 is 3.07 bits per heavy atom. The molecule has 0 aliphatic heterocycles. The van der Waals surface area contributed by atoms with Crippen molar-refractivity contribution in [1.82, 2.24) is 9.97 Å². The fourth-order valence-corrected chi connectivity index (χ4v) is 1.90. The van der Waals surface area contributed by atoms with Gasteiger partial charge in [0.15, 0.2) is 5.69 Å². The second-order valence-electron chi connectivity index (χ2n) is 3.80. The molecule has 0 fully saturated rings. The molecule has 1 aliphatic rings. The van der Waals surface area contributed by atoms with Crippen LogP contribution in [0.3, 0.4) is 0 Å². The Morgan fingerprint density at radius 2 is 2.36 bits per heavy atom. The van der Waals surface area contributed by atoms with Crippen LogP contribution in [0, 0.1) is 5.92 Å². The van der Waals surface area contributed by atoms with Gasteiger partial charge in [0.1, 0.15) is 6.33 Å². The van der Waals surface area contributed by atoms with Crippen LogP contribution < -0.4 is 0 Å². The molecule has 0 bridgehead atoms. The molecule has 0 saturated heterocycles. The fraction of sp³-hybridized carbons (Fsp3) is 0.500. The van der Waals surface area contributed by atoms with Crippen molar-refractivity contribution in [3.63, 3.8) is 0 Å². The Hall–Kier alpha value is -1.45. The number of carbonyl (C=O) groups is 1. The standard InChI is InChI=1S/C10H12N2O2/c1-6-2-3-8-7(4-6)9(10(13)14)12-5-11-8/h5-6H,2-4H2,1H3,(H,13,14). The van der Waals surface area contributed by atoms with Gasteiger partial charge in [-0.15, -0.1) is 0 Å². The smallest absolute Gasteiger partial charge is 0.354 e. The molecule has 4 heteroatoms. The molecule has 0 radical (unpaired) electrons. The average Bonchev–Trinajstić information content (AvgIpc) is 2.16. The Morgan fingerprint density at radius 1 is 1.57 bits per heavy atom. The summed E-state index contributed by atoms with van der Waals surface area (Å²) in [4.78, 5) is 18.8. The number of carboxylic acid groups (broad SMARTS) is 1. The molecule has 1 aromatic rings. The van der Waals surface area contributed by atoms with E-state index in [-0.39, 0.29) is 5.69 Å². The SMILES string of the molecule is CC1CCc2ncnc(C(=O)O)c2C1. The summed E-state index contributed by atoms with van der Waals surface area (Å²) in [5.41, 5.74) is 1.93. The lowest BCUT2D eigenvalue weighted by molar-refractivity contribution is 0.0688. The molecule has 0 spiro atoms. The third-order valence-corrected chi connectivity index (χ3v) is 2.66. The van der Waals surface area contributed by atoms with Gasteiger partial charge in [-0.05, 0) is 25.2 Å². The van der Waals surface area contributed by atoms with E-state index >= 15 is 0 Å². The van der Waals surface area contributed by atoms with Crippen molar-refractivity contribution in [3.8, 4) is 0 Å². The first-order valence-corrected chi connectivity index (χ1v) is 4.74. The van der Waals surface area contributed by atoms with Crippen molar-refractivity contribution >= 4 is 5.97 Å². The van der Waals surface area contributed by atoms with Crippen LogP contribution in [0.4, 0.5) is 0 Å². The highest BCUT2D eigenvalue weighted by molar-refractivity contribution is 5.87. The average molecular weight is 192 g/mol. The second kappa shape index (κ2) is 3.36. The van der Waals surface area contributed by atoms with E-state index in [1.54, 1.807) is 0 Å². The molecular weight excluding hydrogens is 180 g/mol.